The molecule has 0 saturated carbocycles. The third-order valence-electron chi connectivity index (χ3n) is 7.83. The number of fused-ring (bicyclic) bond motifs is 1. The maximum atomic E-state index is 14.4. The fraction of sp³-hybridized carbons (Fsp3) is 0.324. The van der Waals surface area contributed by atoms with Gasteiger partial charge in [-0.3, -0.25) is 14.4 Å². The van der Waals surface area contributed by atoms with Gasteiger partial charge in [-0.25, -0.2) is 0 Å². The van der Waals surface area contributed by atoms with E-state index in [0.717, 1.165) is 37.0 Å². The molecule has 2 unspecified atom stereocenters. The Bertz CT molecular complexity index is 1650. The van der Waals surface area contributed by atoms with Crippen molar-refractivity contribution < 1.29 is 32.7 Å². The molecule has 0 aliphatic rings. The van der Waals surface area contributed by atoms with Crippen LogP contribution in [0.25, 0.3) is 16.6 Å². The summed E-state index contributed by atoms with van der Waals surface area (Å²) in [6.07, 6.45) is -1.52. The van der Waals surface area contributed by atoms with Gasteiger partial charge in [-0.2, -0.15) is 13.2 Å². The van der Waals surface area contributed by atoms with Gasteiger partial charge in [0.05, 0.1) is 23.2 Å². The Morgan fingerprint density at radius 3 is 2.36 bits per heavy atom. The number of nitrogens with one attached hydrogen (secondary N) is 1. The van der Waals surface area contributed by atoms with Crippen LogP contribution < -0.4 is 5.32 Å². The number of amides is 1. The Hall–Kier alpha value is -4.11. The van der Waals surface area contributed by atoms with Gasteiger partial charge in [0, 0.05) is 34.1 Å². The van der Waals surface area contributed by atoms with E-state index in [0.29, 0.717) is 27.9 Å². The number of hydrogen-bond acceptors (Lipinski definition) is 3. The number of halogens is 4. The molecule has 44 heavy (non-hydrogen) atoms. The van der Waals surface area contributed by atoms with E-state index in [2.05, 4.69) is 12.2 Å². The number of carboxylic acid groups (broad SMARTS) is 1. The highest BCUT2D eigenvalue weighted by atomic mass is 35.5. The molecule has 0 aliphatic carbocycles. The summed E-state index contributed by atoms with van der Waals surface area (Å²) in [4.78, 5) is 37.6. The molecule has 2 N–H and O–H groups in total. The number of ketones is 1. The molecule has 1 heterocycles. The number of nitrogens with zero attached hydrogens (tertiary/aromatic N) is 1. The molecule has 1 aromatic heterocycles. The van der Waals surface area contributed by atoms with Crippen molar-refractivity contribution in [3.8, 4) is 5.69 Å². The van der Waals surface area contributed by atoms with Gasteiger partial charge in [0.2, 0.25) is 0 Å². The third kappa shape index (κ3) is 7.69. The average molecular weight is 627 g/mol. The molecular weight excluding hydrogens is 593 g/mol. The Morgan fingerprint density at radius 1 is 0.977 bits per heavy atom. The van der Waals surface area contributed by atoms with Gasteiger partial charge in [0.25, 0.3) is 5.91 Å². The molecule has 3 aromatic carbocycles. The van der Waals surface area contributed by atoms with E-state index in [1.807, 2.05) is 6.92 Å². The van der Waals surface area contributed by atoms with Crippen LogP contribution in [0, 0.1) is 5.92 Å². The van der Waals surface area contributed by atoms with Gasteiger partial charge in [0.1, 0.15) is 0 Å². The van der Waals surface area contributed by atoms with Crippen LogP contribution in [0.4, 0.5) is 13.2 Å². The zero-order chi connectivity index (χ0) is 32.0. The molecule has 4 rings (SSSR count). The third-order valence-corrected chi connectivity index (χ3v) is 8.06. The molecule has 232 valence electrons. The highest BCUT2D eigenvalue weighted by Gasteiger charge is 2.33. The number of carbonyl (C=O) groups excluding carboxylic acids is 2. The lowest BCUT2D eigenvalue weighted by Crippen LogP contribution is -2.26. The van der Waals surface area contributed by atoms with Crippen molar-refractivity contribution in [3.63, 3.8) is 0 Å². The summed E-state index contributed by atoms with van der Waals surface area (Å²) in [5.74, 6) is -2.39. The van der Waals surface area contributed by atoms with E-state index < -0.39 is 29.5 Å². The van der Waals surface area contributed by atoms with Crippen molar-refractivity contribution in [3.05, 3.63) is 100 Å². The standard InChI is InChI=1S/C34H34ClF3N2O4/c1-3-4-5-9-28(21(2)22-10-12-23(13-11-22)33(44)39-17-16-31(41)42)32(43)30-19-24-18-26(35)14-15-29(24)40(30)27-8-6-7-25(20-27)34(36,37)38/h6-8,10-15,18-21,28H,3-5,9,16-17H2,1-2H3,(H,39,44)(H,41,42). The first-order chi connectivity index (χ1) is 20.9. The SMILES string of the molecule is CCCCCC(C(=O)c1cc2cc(Cl)ccc2n1-c1cccc(C(F)(F)F)c1)C(C)c1ccc(C(=O)NCCC(=O)O)cc1. The van der Waals surface area contributed by atoms with Crippen molar-refractivity contribution in [2.75, 3.05) is 6.54 Å². The molecule has 0 radical (unpaired) electrons. The number of Topliss-reactive ketones (excluding diaryl/α,β-unsaturated/α-hetero) is 1. The first-order valence-electron chi connectivity index (χ1n) is 14.5. The molecule has 0 fully saturated rings. The number of aromatic nitrogens is 1. The smallest absolute Gasteiger partial charge is 0.416 e. The quantitative estimate of drug-likeness (QED) is 0.115. The van der Waals surface area contributed by atoms with Crippen molar-refractivity contribution in [1.29, 1.82) is 0 Å². The first kappa shape index (κ1) is 32.8. The summed E-state index contributed by atoms with van der Waals surface area (Å²) in [7, 11) is 0. The molecule has 1 amide bonds. The van der Waals surface area contributed by atoms with Crippen molar-refractivity contribution >= 4 is 40.2 Å². The topological polar surface area (TPSA) is 88.4 Å². The summed E-state index contributed by atoms with van der Waals surface area (Å²) < 4.78 is 42.6. The predicted octanol–water partition coefficient (Wildman–Crippen LogP) is 8.69. The van der Waals surface area contributed by atoms with Gasteiger partial charge in [0.15, 0.2) is 5.78 Å². The minimum absolute atomic E-state index is 0.00537. The van der Waals surface area contributed by atoms with E-state index in [4.69, 9.17) is 16.7 Å². The number of hydrogen-bond donors (Lipinski definition) is 2. The van der Waals surface area contributed by atoms with Crippen molar-refractivity contribution in [1.82, 2.24) is 9.88 Å². The highest BCUT2D eigenvalue weighted by Crippen LogP contribution is 2.36. The van der Waals surface area contributed by atoms with E-state index in [-0.39, 0.29) is 36.0 Å². The van der Waals surface area contributed by atoms with Crippen molar-refractivity contribution in [2.45, 2.75) is 58.0 Å². The molecule has 10 heteroatoms. The van der Waals surface area contributed by atoms with Crippen LogP contribution in [0.15, 0.2) is 72.8 Å². The maximum Gasteiger partial charge on any atom is 0.416 e. The lowest BCUT2D eigenvalue weighted by atomic mass is 9.80. The zero-order valence-electron chi connectivity index (χ0n) is 24.5. The number of alkyl halides is 3. The van der Waals surface area contributed by atoms with Crippen LogP contribution >= 0.6 is 11.6 Å². The number of rotatable bonds is 13. The number of unbranched alkanes of at least 4 members (excludes halogenated alkanes) is 2. The minimum Gasteiger partial charge on any atom is -0.481 e. The average Bonchev–Trinajstić information content (AvgIpc) is 3.37. The molecule has 0 saturated heterocycles. The Labute approximate surface area is 258 Å². The fourth-order valence-electron chi connectivity index (χ4n) is 5.43. The number of aliphatic carboxylic acids is 1. The van der Waals surface area contributed by atoms with Crippen LogP contribution in [-0.4, -0.2) is 33.9 Å². The van der Waals surface area contributed by atoms with Crippen LogP contribution in [0.5, 0.6) is 0 Å². The lowest BCUT2D eigenvalue weighted by Gasteiger charge is -2.24. The summed E-state index contributed by atoms with van der Waals surface area (Å²) in [5.41, 5.74) is 1.43. The van der Waals surface area contributed by atoms with Gasteiger partial charge in [-0.05, 0) is 72.5 Å². The molecule has 0 bridgehead atoms. The molecule has 0 aliphatic heterocycles. The van der Waals surface area contributed by atoms with E-state index in [9.17, 15) is 27.6 Å². The first-order valence-corrected chi connectivity index (χ1v) is 14.9. The van der Waals surface area contributed by atoms with E-state index in [1.54, 1.807) is 59.2 Å². The van der Waals surface area contributed by atoms with E-state index >= 15 is 0 Å². The summed E-state index contributed by atoms with van der Waals surface area (Å²) in [6, 6.07) is 18.5. The summed E-state index contributed by atoms with van der Waals surface area (Å²) >= 11 is 6.25. The van der Waals surface area contributed by atoms with Crippen molar-refractivity contribution in [2.24, 2.45) is 5.92 Å². The molecule has 6 nitrogen and oxygen atoms in total. The van der Waals surface area contributed by atoms with Crippen LogP contribution in [0.1, 0.15) is 83.8 Å². The molecule has 4 aromatic rings. The minimum atomic E-state index is -4.55. The molecular formula is C34H34ClF3N2O4. The number of carbonyl (C=O) groups is 3. The second-order valence-electron chi connectivity index (χ2n) is 10.9. The van der Waals surface area contributed by atoms with Gasteiger partial charge in [-0.1, -0.05) is 62.9 Å². The number of benzene rings is 3. The van der Waals surface area contributed by atoms with Gasteiger partial charge in [-0.15, -0.1) is 0 Å². The number of carboxylic acids is 1. The Morgan fingerprint density at radius 2 is 1.70 bits per heavy atom. The summed E-state index contributed by atoms with van der Waals surface area (Å²) in [6.45, 7) is 4.01. The maximum absolute atomic E-state index is 14.4. The zero-order valence-corrected chi connectivity index (χ0v) is 25.2. The fourth-order valence-corrected chi connectivity index (χ4v) is 5.62. The summed E-state index contributed by atoms with van der Waals surface area (Å²) in [5, 5.41) is 12.4. The monoisotopic (exact) mass is 626 g/mol. The second-order valence-corrected chi connectivity index (χ2v) is 11.3. The predicted molar refractivity (Wildman–Crippen MR) is 165 cm³/mol. The largest absolute Gasteiger partial charge is 0.481 e. The van der Waals surface area contributed by atoms with Gasteiger partial charge < -0.3 is 15.0 Å². The Balaban J connectivity index is 1.73. The Kier molecular flexibility index (Phi) is 10.5. The van der Waals surface area contributed by atoms with Crippen LogP contribution in [-0.2, 0) is 11.0 Å². The normalized spacial score (nSPS) is 13.0. The highest BCUT2D eigenvalue weighted by molar-refractivity contribution is 6.31. The lowest BCUT2D eigenvalue weighted by molar-refractivity contribution is -0.138. The van der Waals surface area contributed by atoms with Gasteiger partial charge >= 0.3 is 12.1 Å². The van der Waals surface area contributed by atoms with E-state index in [1.165, 1.54) is 6.07 Å². The second kappa shape index (κ2) is 14.1. The molecule has 2 atom stereocenters. The van der Waals surface area contributed by atoms with Crippen LogP contribution in [0.3, 0.4) is 0 Å². The van der Waals surface area contributed by atoms with Crippen LogP contribution in [0.2, 0.25) is 5.02 Å². The molecule has 0 spiro atoms.